The molecule has 2 saturated heterocycles. The highest BCUT2D eigenvalue weighted by molar-refractivity contribution is 5.78. The van der Waals surface area contributed by atoms with Crippen molar-refractivity contribution < 1.29 is 89.1 Å². The van der Waals surface area contributed by atoms with Gasteiger partial charge in [0.1, 0.15) is 13.2 Å². The Labute approximate surface area is 376 Å². The number of ether oxygens (including phenoxy) is 1. The van der Waals surface area contributed by atoms with Crippen LogP contribution in [0.25, 0.3) is 0 Å². The summed E-state index contributed by atoms with van der Waals surface area (Å²) in [7, 11) is 0. The Balaban J connectivity index is 2.53. The molecule has 2 aliphatic heterocycles. The summed E-state index contributed by atoms with van der Waals surface area (Å²) < 4.78 is 5.14. The van der Waals surface area contributed by atoms with Crippen molar-refractivity contribution in [2.24, 2.45) is 0 Å². The number of carboxylic acids is 7. The lowest BCUT2D eigenvalue weighted by Crippen LogP contribution is -2.57. The van der Waals surface area contributed by atoms with Gasteiger partial charge in [0, 0.05) is 118 Å². The molecule has 2 unspecified atom stereocenters. The number of carboxylic acid groups (broad SMARTS) is 7. The lowest BCUT2D eigenvalue weighted by molar-refractivity contribution is -0.147. The van der Waals surface area contributed by atoms with Crippen LogP contribution in [0.2, 0.25) is 0 Å². The number of hydrogen-bond donors (Lipinski definition) is 9. The molecule has 372 valence electrons. The van der Waals surface area contributed by atoms with Gasteiger partial charge in [-0.05, 0) is 0 Å². The molecule has 1 amide bonds. The fraction of sp³-hybridized carbons (Fsp3) is 0.789. The third kappa shape index (κ3) is 24.4. The van der Waals surface area contributed by atoms with Gasteiger partial charge >= 0.3 is 41.8 Å². The number of rotatable bonds is 24. The van der Waals surface area contributed by atoms with Crippen LogP contribution in [0.15, 0.2) is 0 Å². The molecule has 2 rings (SSSR count). The molecular weight excluding hydrogens is 870 g/mol. The van der Waals surface area contributed by atoms with E-state index in [1.165, 1.54) is 4.90 Å². The van der Waals surface area contributed by atoms with Crippen molar-refractivity contribution in [1.82, 2.24) is 44.1 Å². The first-order valence-corrected chi connectivity index (χ1v) is 21.2. The Hall–Kier alpha value is -4.68. The molecular formula is C38H67N9O18. The van der Waals surface area contributed by atoms with Gasteiger partial charge in [0.2, 0.25) is 5.91 Å². The van der Waals surface area contributed by atoms with Gasteiger partial charge in [-0.2, -0.15) is 0 Å². The lowest BCUT2D eigenvalue weighted by Gasteiger charge is -2.40. The Bertz CT molecular complexity index is 1390. The molecule has 2 atom stereocenters. The zero-order valence-corrected chi connectivity index (χ0v) is 36.7. The summed E-state index contributed by atoms with van der Waals surface area (Å²) in [6, 6.07) is -1.81. The molecule has 0 bridgehead atoms. The molecule has 0 aliphatic carbocycles. The largest absolute Gasteiger partial charge is 0.480 e. The van der Waals surface area contributed by atoms with Gasteiger partial charge in [0.25, 0.3) is 0 Å². The summed E-state index contributed by atoms with van der Waals surface area (Å²) in [6.07, 6.45) is 0. The van der Waals surface area contributed by atoms with Gasteiger partial charge in [-0.15, -0.1) is 0 Å². The average Bonchev–Trinajstić information content (AvgIpc) is 3.20. The molecule has 0 radical (unpaired) electrons. The number of nitrogens with zero attached hydrogens (tertiary/aromatic N) is 9. The fourth-order valence-corrected chi connectivity index (χ4v) is 7.61. The first-order valence-electron chi connectivity index (χ1n) is 21.2. The summed E-state index contributed by atoms with van der Waals surface area (Å²) in [5.41, 5.74) is 0. The van der Waals surface area contributed by atoms with E-state index < -0.39 is 112 Å². The van der Waals surface area contributed by atoms with Crippen LogP contribution >= 0.6 is 0 Å². The average molecular weight is 938 g/mol. The topological polar surface area (TPSA) is 357 Å². The van der Waals surface area contributed by atoms with Crippen LogP contribution in [0.3, 0.4) is 0 Å². The first kappa shape index (κ1) is 56.4. The maximum Gasteiger partial charge on any atom is 0.329 e. The SMILES string of the molecule is O=C(O)COCC(=O)N(CC(CO)N1CCN(CC(=O)O)CCN(CC(=O)O)CCN(CC(=O)O)CC1)CC(CO)N1CCN(CC(=O)O)CCN(CC(=O)O)CCN(CC(=O)O)CC1. The maximum absolute atomic E-state index is 13.9. The summed E-state index contributed by atoms with van der Waals surface area (Å²) in [5.74, 6) is -8.90. The van der Waals surface area contributed by atoms with Crippen molar-refractivity contribution in [3.63, 3.8) is 0 Å². The number of aliphatic carboxylic acids is 7. The van der Waals surface area contributed by atoms with Gasteiger partial charge < -0.3 is 55.6 Å². The lowest BCUT2D eigenvalue weighted by atomic mass is 10.1. The van der Waals surface area contributed by atoms with E-state index in [9.17, 15) is 84.3 Å². The van der Waals surface area contributed by atoms with Crippen LogP contribution in [0.4, 0.5) is 0 Å². The molecule has 65 heavy (non-hydrogen) atoms. The Morgan fingerprint density at radius 2 is 0.600 bits per heavy atom. The minimum Gasteiger partial charge on any atom is -0.480 e. The second-order valence-electron chi connectivity index (χ2n) is 15.9. The highest BCUT2D eigenvalue weighted by Crippen LogP contribution is 2.12. The summed E-state index contributed by atoms with van der Waals surface area (Å²) >= 11 is 0. The fourth-order valence-electron chi connectivity index (χ4n) is 7.61. The predicted octanol–water partition coefficient (Wildman–Crippen LogP) is -6.41. The molecule has 2 fully saturated rings. The number of carbonyl (C=O) groups is 8. The number of hydrogen-bond acceptors (Lipinski definition) is 19. The van der Waals surface area contributed by atoms with E-state index in [1.807, 2.05) is 0 Å². The van der Waals surface area contributed by atoms with E-state index in [-0.39, 0.29) is 131 Å². The number of aliphatic hydroxyl groups excluding tert-OH is 2. The number of amides is 1. The van der Waals surface area contributed by atoms with Gasteiger partial charge in [-0.25, -0.2) is 4.79 Å². The van der Waals surface area contributed by atoms with Crippen LogP contribution in [-0.2, 0) is 43.1 Å². The van der Waals surface area contributed by atoms with Gasteiger partial charge in [-0.1, -0.05) is 0 Å². The summed E-state index contributed by atoms with van der Waals surface area (Å²) in [4.78, 5) is 110. The molecule has 27 nitrogen and oxygen atoms in total. The molecule has 27 heteroatoms. The van der Waals surface area contributed by atoms with E-state index in [0.29, 0.717) is 0 Å². The third-order valence-corrected chi connectivity index (χ3v) is 11.0. The van der Waals surface area contributed by atoms with Crippen molar-refractivity contribution >= 4 is 47.7 Å². The monoisotopic (exact) mass is 937 g/mol. The van der Waals surface area contributed by atoms with Crippen molar-refractivity contribution in [2.45, 2.75) is 12.1 Å². The minimum atomic E-state index is -1.35. The van der Waals surface area contributed by atoms with E-state index in [4.69, 9.17) is 4.74 Å². The Kier molecular flexibility index (Phi) is 26.5. The molecule has 0 spiro atoms. The maximum atomic E-state index is 13.9. The summed E-state index contributed by atoms with van der Waals surface area (Å²) in [5, 5.41) is 88.7. The predicted molar refractivity (Wildman–Crippen MR) is 224 cm³/mol. The first-order chi connectivity index (χ1) is 30.8. The molecule has 0 aromatic heterocycles. The van der Waals surface area contributed by atoms with Crippen LogP contribution in [0.1, 0.15) is 0 Å². The van der Waals surface area contributed by atoms with Crippen LogP contribution in [-0.4, -0.2) is 333 Å². The second kappa shape index (κ2) is 30.5. The normalized spacial score (nSPS) is 19.7. The summed E-state index contributed by atoms with van der Waals surface area (Å²) in [6.45, 7) is -3.70. The van der Waals surface area contributed by atoms with Gasteiger partial charge in [-0.3, -0.25) is 72.8 Å². The molecule has 2 heterocycles. The van der Waals surface area contributed by atoms with E-state index >= 15 is 0 Å². The van der Waals surface area contributed by atoms with Crippen molar-refractivity contribution in [3.05, 3.63) is 0 Å². The third-order valence-electron chi connectivity index (χ3n) is 11.0. The molecule has 0 aromatic carbocycles. The van der Waals surface area contributed by atoms with Gasteiger partial charge in [0.15, 0.2) is 0 Å². The quantitative estimate of drug-likeness (QED) is 0.0434. The molecule has 2 aliphatic rings. The second-order valence-corrected chi connectivity index (χ2v) is 15.9. The van der Waals surface area contributed by atoms with Gasteiger partial charge in [0.05, 0.1) is 64.6 Å². The minimum absolute atomic E-state index is 0.0914. The molecule has 0 saturated carbocycles. The number of aliphatic hydroxyl groups is 2. The van der Waals surface area contributed by atoms with Crippen LogP contribution < -0.4 is 0 Å². The van der Waals surface area contributed by atoms with Crippen molar-refractivity contribution in [2.75, 3.05) is 184 Å². The van der Waals surface area contributed by atoms with E-state index in [0.717, 1.165) is 0 Å². The Morgan fingerprint density at radius 1 is 0.369 bits per heavy atom. The zero-order chi connectivity index (χ0) is 48.5. The number of carbonyl (C=O) groups excluding carboxylic acids is 1. The standard InChI is InChI=1S/C38H67N9O18/c48-25-29(45-13-9-41(21-34(55)56)5-1-39(19-32(51)52)2-6-42(10-14-45)22-35(57)58)17-47(31(50)27-65-28-38(63)64)18-30(26-49)46-15-11-43(23-36(59)60)7-3-40(20-33(53)54)4-8-44(12-16-46)24-37(61)62/h29-30,48-49H,1-28H2,(H,51,52)(H,53,54)(H,55,56)(H,57,58)(H,59,60)(H,61,62)(H,63,64). The zero-order valence-electron chi connectivity index (χ0n) is 36.7. The van der Waals surface area contributed by atoms with Crippen LogP contribution in [0.5, 0.6) is 0 Å². The molecule has 0 aromatic rings. The molecule has 9 N–H and O–H groups in total. The van der Waals surface area contributed by atoms with Crippen molar-refractivity contribution in [3.8, 4) is 0 Å². The van der Waals surface area contributed by atoms with Crippen molar-refractivity contribution in [1.29, 1.82) is 0 Å². The van der Waals surface area contributed by atoms with E-state index in [2.05, 4.69) is 0 Å². The Morgan fingerprint density at radius 3 is 0.800 bits per heavy atom. The van der Waals surface area contributed by atoms with E-state index in [1.54, 1.807) is 39.2 Å². The highest BCUT2D eigenvalue weighted by Gasteiger charge is 2.31. The smallest absolute Gasteiger partial charge is 0.329 e. The highest BCUT2D eigenvalue weighted by atomic mass is 16.5. The van der Waals surface area contributed by atoms with Crippen LogP contribution in [0, 0.1) is 0 Å².